The topological polar surface area (TPSA) is 66.8 Å². The Kier molecular flexibility index (Phi) is 5.42. The van der Waals surface area contributed by atoms with E-state index < -0.39 is 5.60 Å². The van der Waals surface area contributed by atoms with Crippen LogP contribution in [0, 0.1) is 45.3 Å². The standard InChI is InChI=1S/C30H50O4/c1-25(2)20-10-15-28(6)21(27(20,5)13-11-22(25)32)17-19(31)24-18(9-14-29(24,28)7)30(8)16-12-23(34-30)26(3,4)33/h18,20-24,32-33H,9-17H2,1-8H3/t18-,20-,21+,22-,23+,24-,27-,28+,29+,30-/m0/s1. The van der Waals surface area contributed by atoms with E-state index in [0.717, 1.165) is 51.4 Å². The number of carbonyl (C=O) groups excluding carboxylic acids is 1. The molecule has 0 radical (unpaired) electrons. The van der Waals surface area contributed by atoms with Gasteiger partial charge < -0.3 is 14.9 Å². The normalized spacial score (nSPS) is 54.9. The highest BCUT2D eigenvalue weighted by atomic mass is 16.5. The summed E-state index contributed by atoms with van der Waals surface area (Å²) in [6.45, 7) is 17.9. The fraction of sp³-hybridized carbons (Fsp3) is 0.967. The quantitative estimate of drug-likeness (QED) is 0.521. The lowest BCUT2D eigenvalue weighted by atomic mass is 9.35. The van der Waals surface area contributed by atoms with Crippen molar-refractivity contribution in [2.45, 2.75) is 137 Å². The Balaban J connectivity index is 1.49. The van der Waals surface area contributed by atoms with Gasteiger partial charge in [0, 0.05) is 12.3 Å². The van der Waals surface area contributed by atoms with Crippen molar-refractivity contribution in [3.63, 3.8) is 0 Å². The molecule has 5 fully saturated rings. The maximum absolute atomic E-state index is 14.2. The van der Waals surface area contributed by atoms with Gasteiger partial charge in [-0.15, -0.1) is 0 Å². The average Bonchev–Trinajstić information content (AvgIpc) is 3.30. The molecule has 0 amide bonds. The molecule has 10 atom stereocenters. The van der Waals surface area contributed by atoms with E-state index in [9.17, 15) is 15.0 Å². The summed E-state index contributed by atoms with van der Waals surface area (Å²) in [5, 5.41) is 21.5. The molecular weight excluding hydrogens is 424 g/mol. The SMILES string of the molecule is CC(C)(O)[C@H]1CC[C@@](C)([C@H]2CC[C@]3(C)[C@@H]2C(=O)C[C@@H]2[C@@]4(C)CC[C@H](O)C(C)(C)[C@@H]4CC[C@]23C)O1. The zero-order valence-electron chi connectivity index (χ0n) is 23.0. The van der Waals surface area contributed by atoms with E-state index in [1.807, 2.05) is 13.8 Å². The third-order valence-corrected chi connectivity index (χ3v) is 13.0. The summed E-state index contributed by atoms with van der Waals surface area (Å²) in [5.41, 5.74) is -1.04. The molecule has 0 unspecified atom stereocenters. The zero-order valence-corrected chi connectivity index (χ0v) is 23.0. The predicted molar refractivity (Wildman–Crippen MR) is 134 cm³/mol. The first kappa shape index (κ1) is 25.2. The van der Waals surface area contributed by atoms with E-state index >= 15 is 0 Å². The van der Waals surface area contributed by atoms with Crippen LogP contribution >= 0.6 is 0 Å². The van der Waals surface area contributed by atoms with Crippen molar-refractivity contribution in [2.75, 3.05) is 0 Å². The van der Waals surface area contributed by atoms with E-state index in [-0.39, 0.29) is 51.3 Å². The molecule has 0 aromatic heterocycles. The van der Waals surface area contributed by atoms with Crippen LogP contribution in [0.2, 0.25) is 0 Å². The first-order chi connectivity index (χ1) is 15.5. The first-order valence-corrected chi connectivity index (χ1v) is 14.1. The van der Waals surface area contributed by atoms with Crippen LogP contribution in [0.25, 0.3) is 0 Å². The lowest BCUT2D eigenvalue weighted by Gasteiger charge is -2.69. The Morgan fingerprint density at radius 2 is 1.50 bits per heavy atom. The summed E-state index contributed by atoms with van der Waals surface area (Å²) in [6, 6.07) is 0. The fourth-order valence-electron chi connectivity index (χ4n) is 10.7. The number of Topliss-reactive ketones (excluding diaryl/α,β-unsaturated/α-hetero) is 1. The highest BCUT2D eigenvalue weighted by Gasteiger charge is 2.72. The lowest BCUT2D eigenvalue weighted by Crippen LogP contribution is -2.66. The number of hydrogen-bond acceptors (Lipinski definition) is 4. The molecule has 1 saturated heterocycles. The highest BCUT2D eigenvalue weighted by molar-refractivity contribution is 5.84. The summed E-state index contributed by atoms with van der Waals surface area (Å²) in [5.74, 6) is 1.62. The van der Waals surface area contributed by atoms with Crippen LogP contribution in [-0.2, 0) is 9.53 Å². The molecule has 0 aromatic rings. The van der Waals surface area contributed by atoms with Gasteiger partial charge in [0.25, 0.3) is 0 Å². The third-order valence-electron chi connectivity index (χ3n) is 13.0. The number of fused-ring (bicyclic) bond motifs is 5. The van der Waals surface area contributed by atoms with Crippen molar-refractivity contribution < 1.29 is 19.7 Å². The zero-order chi connectivity index (χ0) is 25.1. The summed E-state index contributed by atoms with van der Waals surface area (Å²) < 4.78 is 6.62. The van der Waals surface area contributed by atoms with Crippen LogP contribution in [0.4, 0.5) is 0 Å². The van der Waals surface area contributed by atoms with E-state index in [0.29, 0.717) is 24.0 Å². The van der Waals surface area contributed by atoms with Crippen LogP contribution in [0.1, 0.15) is 113 Å². The van der Waals surface area contributed by atoms with Crippen molar-refractivity contribution in [3.8, 4) is 0 Å². The number of ether oxygens (including phenoxy) is 1. The van der Waals surface area contributed by atoms with Crippen molar-refractivity contribution in [1.82, 2.24) is 0 Å². The largest absolute Gasteiger partial charge is 0.393 e. The second kappa shape index (κ2) is 7.32. The van der Waals surface area contributed by atoms with Crippen LogP contribution in [0.15, 0.2) is 0 Å². The second-order valence-electron chi connectivity index (χ2n) is 15.3. The molecule has 0 bridgehead atoms. The monoisotopic (exact) mass is 474 g/mol. The Morgan fingerprint density at radius 3 is 2.12 bits per heavy atom. The van der Waals surface area contributed by atoms with E-state index in [4.69, 9.17) is 4.74 Å². The molecule has 0 aromatic carbocycles. The van der Waals surface area contributed by atoms with Crippen LogP contribution in [0.3, 0.4) is 0 Å². The minimum absolute atomic E-state index is 0.00889. The Morgan fingerprint density at radius 1 is 0.853 bits per heavy atom. The minimum Gasteiger partial charge on any atom is -0.393 e. The number of aliphatic hydroxyl groups excluding tert-OH is 1. The molecule has 1 aliphatic heterocycles. The number of ketones is 1. The molecule has 34 heavy (non-hydrogen) atoms. The summed E-state index contributed by atoms with van der Waals surface area (Å²) in [6.07, 6.45) is 8.44. The van der Waals surface area contributed by atoms with Gasteiger partial charge in [0.1, 0.15) is 5.78 Å². The van der Waals surface area contributed by atoms with Crippen molar-refractivity contribution >= 4 is 5.78 Å². The molecule has 4 heteroatoms. The molecule has 2 N–H and O–H groups in total. The fourth-order valence-corrected chi connectivity index (χ4v) is 10.7. The van der Waals surface area contributed by atoms with Crippen LogP contribution in [-0.4, -0.2) is 39.4 Å². The predicted octanol–water partition coefficient (Wildman–Crippen LogP) is 5.92. The van der Waals surface area contributed by atoms with Crippen molar-refractivity contribution in [3.05, 3.63) is 0 Å². The van der Waals surface area contributed by atoms with Gasteiger partial charge in [-0.25, -0.2) is 0 Å². The van der Waals surface area contributed by atoms with E-state index in [1.54, 1.807) is 0 Å². The van der Waals surface area contributed by atoms with Gasteiger partial charge in [0.15, 0.2) is 0 Å². The molecule has 1 heterocycles. The van der Waals surface area contributed by atoms with Crippen LogP contribution < -0.4 is 0 Å². The third kappa shape index (κ3) is 3.09. The highest BCUT2D eigenvalue weighted by Crippen LogP contribution is 2.75. The van der Waals surface area contributed by atoms with Crippen molar-refractivity contribution in [2.24, 2.45) is 45.3 Å². The number of hydrogen-bond donors (Lipinski definition) is 2. The van der Waals surface area contributed by atoms with Gasteiger partial charge in [0.05, 0.1) is 23.4 Å². The van der Waals surface area contributed by atoms with Gasteiger partial charge in [-0.1, -0.05) is 34.6 Å². The summed E-state index contributed by atoms with van der Waals surface area (Å²) in [7, 11) is 0. The number of carbonyl (C=O) groups is 1. The van der Waals surface area contributed by atoms with E-state index in [1.165, 1.54) is 0 Å². The molecule has 4 nitrogen and oxygen atoms in total. The van der Waals surface area contributed by atoms with E-state index in [2.05, 4.69) is 41.5 Å². The van der Waals surface area contributed by atoms with Crippen molar-refractivity contribution in [1.29, 1.82) is 0 Å². The molecule has 5 rings (SSSR count). The summed E-state index contributed by atoms with van der Waals surface area (Å²) >= 11 is 0. The van der Waals surface area contributed by atoms with Gasteiger partial charge >= 0.3 is 0 Å². The molecule has 5 aliphatic rings. The average molecular weight is 475 g/mol. The smallest absolute Gasteiger partial charge is 0.137 e. The Bertz CT molecular complexity index is 858. The second-order valence-corrected chi connectivity index (χ2v) is 15.3. The van der Waals surface area contributed by atoms with Gasteiger partial charge in [-0.2, -0.15) is 0 Å². The van der Waals surface area contributed by atoms with Gasteiger partial charge in [0.2, 0.25) is 0 Å². The van der Waals surface area contributed by atoms with Gasteiger partial charge in [-0.3, -0.25) is 4.79 Å². The molecule has 0 spiro atoms. The Labute approximate surface area is 207 Å². The summed E-state index contributed by atoms with van der Waals surface area (Å²) in [4.78, 5) is 14.2. The molecular formula is C30H50O4. The maximum Gasteiger partial charge on any atom is 0.137 e. The molecule has 4 aliphatic carbocycles. The molecule has 194 valence electrons. The molecule has 4 saturated carbocycles. The van der Waals surface area contributed by atoms with Gasteiger partial charge in [-0.05, 0) is 112 Å². The Hall–Kier alpha value is -0.450. The number of rotatable bonds is 2. The minimum atomic E-state index is -0.849. The lowest BCUT2D eigenvalue weighted by molar-refractivity contribution is -0.222. The first-order valence-electron chi connectivity index (χ1n) is 14.1. The van der Waals surface area contributed by atoms with Crippen LogP contribution in [0.5, 0.6) is 0 Å². The number of aliphatic hydroxyl groups is 2. The maximum atomic E-state index is 14.2.